The highest BCUT2D eigenvalue weighted by Crippen LogP contribution is 2.18. The molecule has 1 unspecified atom stereocenters. The fourth-order valence-corrected chi connectivity index (χ4v) is 2.94. The minimum atomic E-state index is 0.688. The van der Waals surface area contributed by atoms with Gasteiger partial charge in [-0.25, -0.2) is 4.98 Å². The standard InChI is InChI=1S/C17H30N4/c1-14(2)10-18-11-15-5-7-19-17(9-15)21(4)13-16-6-8-20(3)12-16/h5,7,9,14,16,18H,6,8,10-13H2,1-4H3. The highest BCUT2D eigenvalue weighted by atomic mass is 15.2. The molecule has 21 heavy (non-hydrogen) atoms. The van der Waals surface area contributed by atoms with Crippen LogP contribution in [0.2, 0.25) is 0 Å². The van der Waals surface area contributed by atoms with Gasteiger partial charge in [-0.2, -0.15) is 0 Å². The zero-order chi connectivity index (χ0) is 15.2. The fraction of sp³-hybridized carbons (Fsp3) is 0.706. The van der Waals surface area contributed by atoms with Crippen LogP contribution in [0, 0.1) is 11.8 Å². The molecular formula is C17H30N4. The van der Waals surface area contributed by atoms with Gasteiger partial charge in [-0.15, -0.1) is 0 Å². The van der Waals surface area contributed by atoms with E-state index in [1.807, 2.05) is 6.20 Å². The van der Waals surface area contributed by atoms with Crippen molar-refractivity contribution in [2.45, 2.75) is 26.8 Å². The molecule has 2 rings (SSSR count). The van der Waals surface area contributed by atoms with Gasteiger partial charge in [0.25, 0.3) is 0 Å². The second kappa shape index (κ2) is 7.76. The molecule has 1 saturated heterocycles. The molecular weight excluding hydrogens is 260 g/mol. The Hall–Kier alpha value is -1.13. The minimum Gasteiger partial charge on any atom is -0.359 e. The predicted octanol–water partition coefficient (Wildman–Crippen LogP) is 2.22. The van der Waals surface area contributed by atoms with Crippen LogP contribution in [0.25, 0.3) is 0 Å². The lowest BCUT2D eigenvalue weighted by molar-refractivity contribution is 0.395. The van der Waals surface area contributed by atoms with E-state index < -0.39 is 0 Å². The molecule has 1 atom stereocenters. The SMILES string of the molecule is CC(C)CNCc1ccnc(N(C)CC2CCN(C)C2)c1. The van der Waals surface area contributed by atoms with E-state index in [0.29, 0.717) is 5.92 Å². The highest BCUT2D eigenvalue weighted by Gasteiger charge is 2.21. The van der Waals surface area contributed by atoms with Crippen molar-refractivity contribution < 1.29 is 0 Å². The van der Waals surface area contributed by atoms with Crippen molar-refractivity contribution in [2.24, 2.45) is 11.8 Å². The third kappa shape index (κ3) is 5.29. The highest BCUT2D eigenvalue weighted by molar-refractivity contribution is 5.40. The average Bonchev–Trinajstić information content (AvgIpc) is 2.84. The second-order valence-corrected chi connectivity index (χ2v) is 6.84. The lowest BCUT2D eigenvalue weighted by atomic mass is 10.1. The Balaban J connectivity index is 1.87. The summed E-state index contributed by atoms with van der Waals surface area (Å²) in [5.74, 6) is 2.55. The molecule has 1 aliphatic heterocycles. The van der Waals surface area contributed by atoms with E-state index >= 15 is 0 Å². The second-order valence-electron chi connectivity index (χ2n) is 6.84. The molecule has 1 N–H and O–H groups in total. The van der Waals surface area contributed by atoms with Crippen LogP contribution in [0.5, 0.6) is 0 Å². The van der Waals surface area contributed by atoms with Crippen molar-refractivity contribution in [1.82, 2.24) is 15.2 Å². The van der Waals surface area contributed by atoms with Gasteiger partial charge in [-0.3, -0.25) is 0 Å². The van der Waals surface area contributed by atoms with Crippen molar-refractivity contribution in [3.63, 3.8) is 0 Å². The summed E-state index contributed by atoms with van der Waals surface area (Å²) in [4.78, 5) is 9.24. The van der Waals surface area contributed by atoms with E-state index in [9.17, 15) is 0 Å². The summed E-state index contributed by atoms with van der Waals surface area (Å²) in [6.45, 7) is 9.98. The Kier molecular flexibility index (Phi) is 6.00. The normalized spacial score (nSPS) is 19.4. The molecule has 118 valence electrons. The maximum Gasteiger partial charge on any atom is 0.128 e. The summed E-state index contributed by atoms with van der Waals surface area (Å²) in [6, 6.07) is 4.32. The Morgan fingerprint density at radius 3 is 2.95 bits per heavy atom. The van der Waals surface area contributed by atoms with Crippen molar-refractivity contribution in [1.29, 1.82) is 0 Å². The zero-order valence-corrected chi connectivity index (χ0v) is 14.0. The van der Waals surface area contributed by atoms with Gasteiger partial charge in [0.2, 0.25) is 0 Å². The first-order valence-corrected chi connectivity index (χ1v) is 8.10. The van der Waals surface area contributed by atoms with Crippen LogP contribution in [0.1, 0.15) is 25.8 Å². The molecule has 1 aliphatic rings. The van der Waals surface area contributed by atoms with Crippen LogP contribution in [0.4, 0.5) is 5.82 Å². The number of hydrogen-bond donors (Lipinski definition) is 1. The quantitative estimate of drug-likeness (QED) is 0.834. The van der Waals surface area contributed by atoms with Crippen LogP contribution in [-0.4, -0.2) is 50.2 Å². The van der Waals surface area contributed by atoms with E-state index in [0.717, 1.165) is 31.4 Å². The van der Waals surface area contributed by atoms with Crippen LogP contribution >= 0.6 is 0 Å². The topological polar surface area (TPSA) is 31.4 Å². The number of anilines is 1. The molecule has 0 saturated carbocycles. The maximum atomic E-state index is 4.53. The average molecular weight is 290 g/mol. The van der Waals surface area contributed by atoms with Gasteiger partial charge in [0.05, 0.1) is 0 Å². The smallest absolute Gasteiger partial charge is 0.128 e. The molecule has 1 aromatic heterocycles. The molecule has 0 aliphatic carbocycles. The van der Waals surface area contributed by atoms with Crippen molar-refractivity contribution in [2.75, 3.05) is 45.2 Å². The van der Waals surface area contributed by atoms with E-state index in [1.54, 1.807) is 0 Å². The number of nitrogens with zero attached hydrogens (tertiary/aromatic N) is 3. The van der Waals surface area contributed by atoms with Crippen molar-refractivity contribution in [3.8, 4) is 0 Å². The van der Waals surface area contributed by atoms with E-state index in [-0.39, 0.29) is 0 Å². The van der Waals surface area contributed by atoms with Gasteiger partial charge in [0.15, 0.2) is 0 Å². The number of likely N-dealkylation sites (tertiary alicyclic amines) is 1. The van der Waals surface area contributed by atoms with Gasteiger partial charge < -0.3 is 15.1 Å². The molecule has 4 nitrogen and oxygen atoms in total. The molecule has 1 fully saturated rings. The van der Waals surface area contributed by atoms with Crippen LogP contribution in [0.15, 0.2) is 18.3 Å². The fourth-order valence-electron chi connectivity index (χ4n) is 2.94. The third-order valence-electron chi connectivity index (χ3n) is 4.10. The van der Waals surface area contributed by atoms with Gasteiger partial charge in [-0.1, -0.05) is 13.8 Å². The van der Waals surface area contributed by atoms with E-state index in [4.69, 9.17) is 0 Å². The molecule has 2 heterocycles. The van der Waals surface area contributed by atoms with Gasteiger partial charge in [0.1, 0.15) is 5.82 Å². The van der Waals surface area contributed by atoms with E-state index in [2.05, 4.69) is 60.2 Å². The lowest BCUT2D eigenvalue weighted by Crippen LogP contribution is -2.28. The number of aromatic nitrogens is 1. The van der Waals surface area contributed by atoms with Crippen molar-refractivity contribution >= 4 is 5.82 Å². The summed E-state index contributed by atoms with van der Waals surface area (Å²) in [7, 11) is 4.37. The predicted molar refractivity (Wildman–Crippen MR) is 89.7 cm³/mol. The first-order valence-electron chi connectivity index (χ1n) is 8.10. The van der Waals surface area contributed by atoms with Crippen LogP contribution in [0.3, 0.4) is 0 Å². The lowest BCUT2D eigenvalue weighted by Gasteiger charge is -2.22. The number of rotatable bonds is 7. The van der Waals surface area contributed by atoms with Crippen LogP contribution < -0.4 is 10.2 Å². The van der Waals surface area contributed by atoms with Gasteiger partial charge in [0, 0.05) is 32.9 Å². The molecule has 1 aromatic rings. The Morgan fingerprint density at radius 2 is 2.29 bits per heavy atom. The Labute approximate surface area is 129 Å². The van der Waals surface area contributed by atoms with Crippen molar-refractivity contribution in [3.05, 3.63) is 23.9 Å². The maximum absolute atomic E-state index is 4.53. The molecule has 0 aromatic carbocycles. The number of pyridine rings is 1. The van der Waals surface area contributed by atoms with E-state index in [1.165, 1.54) is 25.1 Å². The first kappa shape index (κ1) is 16.2. The van der Waals surface area contributed by atoms with Gasteiger partial charge >= 0.3 is 0 Å². The zero-order valence-electron chi connectivity index (χ0n) is 14.0. The summed E-state index contributed by atoms with van der Waals surface area (Å²) in [5.41, 5.74) is 1.32. The Bertz CT molecular complexity index is 433. The van der Waals surface area contributed by atoms with Gasteiger partial charge in [-0.05, 0) is 56.1 Å². The molecule has 0 amide bonds. The molecule has 0 radical (unpaired) electrons. The minimum absolute atomic E-state index is 0.688. The first-order chi connectivity index (χ1) is 10.0. The monoisotopic (exact) mass is 290 g/mol. The Morgan fingerprint density at radius 1 is 1.48 bits per heavy atom. The molecule has 0 spiro atoms. The third-order valence-corrected chi connectivity index (χ3v) is 4.10. The summed E-state index contributed by atoms with van der Waals surface area (Å²) < 4.78 is 0. The summed E-state index contributed by atoms with van der Waals surface area (Å²) in [6.07, 6.45) is 3.23. The summed E-state index contributed by atoms with van der Waals surface area (Å²) >= 11 is 0. The molecule has 4 heteroatoms. The molecule has 0 bridgehead atoms. The number of nitrogens with one attached hydrogen (secondary N) is 1. The summed E-state index contributed by atoms with van der Waals surface area (Å²) in [5, 5.41) is 3.49. The number of hydrogen-bond acceptors (Lipinski definition) is 4. The van der Waals surface area contributed by atoms with Crippen LogP contribution in [-0.2, 0) is 6.54 Å². The largest absolute Gasteiger partial charge is 0.359 e.